The fourth-order valence-corrected chi connectivity index (χ4v) is 9.85. The average molecular weight is 672 g/mol. The number of aliphatic carboxylic acids is 1. The summed E-state index contributed by atoms with van der Waals surface area (Å²) >= 11 is 0. The molecule has 9 nitrogen and oxygen atoms in total. The van der Waals surface area contributed by atoms with Crippen molar-refractivity contribution >= 4 is 44.6 Å². The molecule has 3 aromatic heterocycles. The Labute approximate surface area is 290 Å². The number of hydrogen-bond acceptors (Lipinski definition) is 5. The van der Waals surface area contributed by atoms with Crippen molar-refractivity contribution in [3.05, 3.63) is 101 Å². The number of hydrogen-bond donors (Lipinski definition) is 3. The van der Waals surface area contributed by atoms with Gasteiger partial charge in [-0.2, -0.15) is 4.57 Å². The number of carboxylic acids is 1. The molecule has 256 valence electrons. The lowest BCUT2D eigenvalue weighted by molar-refractivity contribution is -0.718. The standard InChI is InChI=1S/C41H42N4O5/c1-4-23-18-44-14-13-26-25-9-5-7-11-33(25)42-38(26)35(44)16-28(23)30(40(46)47)15-24-19-45-20-31-22(2)50-21-32(41(48)49-3)29(31)17-36(45)39-37(24)27-10-6-8-12-34(27)43-39/h4-12,19,21-22,28-31,35,42H,13-18,20H2,1-3H3,(H,46,47)/p+1/b23-4-/t22-,28-,29-,30-,31-,35-/m0/s1. The normalized spacial score (nSPS) is 26.1. The number of fused-ring (bicyclic) bond motifs is 11. The molecule has 0 unspecified atom stereocenters. The number of carboxylic acid groups (broad SMARTS) is 1. The summed E-state index contributed by atoms with van der Waals surface area (Å²) < 4.78 is 13.4. The number of carbonyl (C=O) groups is 2. The summed E-state index contributed by atoms with van der Waals surface area (Å²) in [6.45, 7) is 6.53. The van der Waals surface area contributed by atoms with E-state index in [9.17, 15) is 14.7 Å². The van der Waals surface area contributed by atoms with E-state index in [0.717, 1.165) is 64.5 Å². The number of aromatic nitrogens is 3. The molecule has 5 aromatic rings. The molecule has 7 heterocycles. The van der Waals surface area contributed by atoms with Gasteiger partial charge in [0.1, 0.15) is 11.6 Å². The minimum Gasteiger partial charge on any atom is -0.497 e. The summed E-state index contributed by atoms with van der Waals surface area (Å²) in [5, 5.41) is 14.5. The zero-order valence-electron chi connectivity index (χ0n) is 28.7. The smallest absolute Gasteiger partial charge is 0.337 e. The average Bonchev–Trinajstić information content (AvgIpc) is 3.72. The molecule has 4 aliphatic heterocycles. The summed E-state index contributed by atoms with van der Waals surface area (Å²) in [7, 11) is 1.42. The van der Waals surface area contributed by atoms with Crippen molar-refractivity contribution in [2.24, 2.45) is 23.7 Å². The lowest BCUT2D eigenvalue weighted by Gasteiger charge is -2.45. The molecule has 1 saturated heterocycles. The van der Waals surface area contributed by atoms with E-state index >= 15 is 0 Å². The number of rotatable bonds is 5. The SMILES string of the molecule is C/C=C1/CN2CCc3c([nH]c4ccccc34)[C@@H]2C[C@@H]1[C@H](Cc1c[n+]2c(c3[nH]c4ccccc4c13)C[C@@H]1C(C(=O)OC)=CO[C@@H](C)[C@@H]1C2)C(=O)O. The van der Waals surface area contributed by atoms with Crippen LogP contribution in [-0.4, -0.2) is 58.2 Å². The first-order valence-corrected chi connectivity index (χ1v) is 17.9. The van der Waals surface area contributed by atoms with Crippen LogP contribution in [0.1, 0.15) is 48.8 Å². The Kier molecular flexibility index (Phi) is 7.39. The number of allylic oxidation sites excluding steroid dienone is 1. The highest BCUT2D eigenvalue weighted by Gasteiger charge is 2.47. The van der Waals surface area contributed by atoms with Gasteiger partial charge in [-0.1, -0.05) is 48.0 Å². The molecule has 0 bridgehead atoms. The monoisotopic (exact) mass is 671 g/mol. The van der Waals surface area contributed by atoms with E-state index in [-0.39, 0.29) is 35.9 Å². The summed E-state index contributed by atoms with van der Waals surface area (Å²) in [5.74, 6) is -1.78. The van der Waals surface area contributed by atoms with Crippen LogP contribution in [0.25, 0.3) is 32.7 Å². The van der Waals surface area contributed by atoms with Crippen LogP contribution in [-0.2, 0) is 44.9 Å². The van der Waals surface area contributed by atoms with Crippen LogP contribution >= 0.6 is 0 Å². The van der Waals surface area contributed by atoms with Gasteiger partial charge in [0.2, 0.25) is 5.69 Å². The molecule has 50 heavy (non-hydrogen) atoms. The van der Waals surface area contributed by atoms with Gasteiger partial charge in [-0.05, 0) is 56.7 Å². The maximum absolute atomic E-state index is 13.5. The lowest BCUT2D eigenvalue weighted by Crippen LogP contribution is -2.54. The van der Waals surface area contributed by atoms with Crippen molar-refractivity contribution in [3.63, 3.8) is 0 Å². The van der Waals surface area contributed by atoms with Crippen molar-refractivity contribution in [2.75, 3.05) is 20.2 Å². The topological polar surface area (TPSA) is 112 Å². The predicted molar refractivity (Wildman–Crippen MR) is 190 cm³/mol. The van der Waals surface area contributed by atoms with Crippen LogP contribution in [0.2, 0.25) is 0 Å². The van der Waals surface area contributed by atoms with Crippen LogP contribution in [0.15, 0.2) is 78.2 Å². The number of ether oxygens (including phenoxy) is 2. The van der Waals surface area contributed by atoms with E-state index in [2.05, 4.69) is 82.0 Å². The number of carbonyl (C=O) groups excluding carboxylic acids is 1. The molecule has 2 aromatic carbocycles. The second-order valence-corrected chi connectivity index (χ2v) is 14.7. The van der Waals surface area contributed by atoms with Gasteiger partial charge in [-0.25, -0.2) is 4.79 Å². The first-order chi connectivity index (χ1) is 24.3. The number of benzene rings is 2. The quantitative estimate of drug-likeness (QED) is 0.117. The number of aromatic amines is 2. The van der Waals surface area contributed by atoms with Crippen molar-refractivity contribution < 1.29 is 28.7 Å². The Morgan fingerprint density at radius 2 is 1.88 bits per heavy atom. The first kappa shape index (κ1) is 31.1. The van der Waals surface area contributed by atoms with E-state index in [0.29, 0.717) is 25.0 Å². The molecule has 0 spiro atoms. The zero-order valence-corrected chi connectivity index (χ0v) is 28.7. The Morgan fingerprint density at radius 1 is 1.12 bits per heavy atom. The maximum atomic E-state index is 13.5. The van der Waals surface area contributed by atoms with Crippen molar-refractivity contribution in [3.8, 4) is 0 Å². The Hall–Kier alpha value is -4.89. The number of pyridine rings is 1. The Bertz CT molecular complexity index is 2260. The van der Waals surface area contributed by atoms with Gasteiger partial charge in [0, 0.05) is 63.9 Å². The summed E-state index contributed by atoms with van der Waals surface area (Å²) in [5.41, 5.74) is 9.78. The summed E-state index contributed by atoms with van der Waals surface area (Å²) in [4.78, 5) is 36.3. The lowest BCUT2D eigenvalue weighted by atomic mass is 9.73. The minimum absolute atomic E-state index is 0.0362. The molecule has 0 radical (unpaired) electrons. The molecule has 6 atom stereocenters. The van der Waals surface area contributed by atoms with Crippen molar-refractivity contribution in [1.29, 1.82) is 0 Å². The van der Waals surface area contributed by atoms with Gasteiger partial charge >= 0.3 is 11.9 Å². The molecular formula is C41H43N4O5+. The molecule has 9 heteroatoms. The van der Waals surface area contributed by atoms with E-state index in [1.807, 2.05) is 12.1 Å². The predicted octanol–water partition coefficient (Wildman–Crippen LogP) is 6.16. The molecule has 0 saturated carbocycles. The molecule has 4 aliphatic rings. The zero-order chi connectivity index (χ0) is 34.3. The third kappa shape index (κ3) is 4.73. The highest BCUT2D eigenvalue weighted by atomic mass is 16.5. The molecule has 9 rings (SSSR count). The maximum Gasteiger partial charge on any atom is 0.337 e. The molecular weight excluding hydrogens is 628 g/mol. The van der Waals surface area contributed by atoms with Gasteiger partial charge in [0.25, 0.3) is 0 Å². The highest BCUT2D eigenvalue weighted by molar-refractivity contribution is 6.09. The van der Waals surface area contributed by atoms with E-state index in [4.69, 9.17) is 9.47 Å². The van der Waals surface area contributed by atoms with E-state index < -0.39 is 11.9 Å². The van der Waals surface area contributed by atoms with Gasteiger partial charge in [0.05, 0.1) is 36.8 Å². The number of piperidine rings is 1. The number of methoxy groups -OCH3 is 1. The molecule has 1 fully saturated rings. The van der Waals surface area contributed by atoms with E-state index in [1.165, 1.54) is 29.3 Å². The third-order valence-corrected chi connectivity index (χ3v) is 12.4. The number of H-pyrrole nitrogens is 2. The van der Waals surface area contributed by atoms with Crippen LogP contribution in [0.3, 0.4) is 0 Å². The summed E-state index contributed by atoms with van der Waals surface area (Å²) in [6, 6.07) is 17.0. The number of nitrogens with zero attached hydrogens (tertiary/aromatic N) is 2. The number of para-hydroxylation sites is 2. The van der Waals surface area contributed by atoms with Crippen LogP contribution < -0.4 is 4.57 Å². The second-order valence-electron chi connectivity index (χ2n) is 14.7. The minimum atomic E-state index is -0.756. The van der Waals surface area contributed by atoms with Crippen LogP contribution in [0.5, 0.6) is 0 Å². The second kappa shape index (κ2) is 11.9. The highest BCUT2D eigenvalue weighted by Crippen LogP contribution is 2.46. The largest absolute Gasteiger partial charge is 0.497 e. The molecule has 3 N–H and O–H groups in total. The van der Waals surface area contributed by atoms with Crippen molar-refractivity contribution in [1.82, 2.24) is 14.9 Å². The fourth-order valence-electron chi connectivity index (χ4n) is 9.85. The summed E-state index contributed by atoms with van der Waals surface area (Å²) in [6.07, 6.45) is 8.70. The fraction of sp³-hybridized carbons (Fsp3) is 0.390. The Morgan fingerprint density at radius 3 is 2.64 bits per heavy atom. The molecule has 0 aliphatic carbocycles. The van der Waals surface area contributed by atoms with Gasteiger partial charge in [-0.15, -0.1) is 0 Å². The third-order valence-electron chi connectivity index (χ3n) is 12.4. The van der Waals surface area contributed by atoms with Crippen LogP contribution in [0.4, 0.5) is 0 Å². The number of nitrogens with one attached hydrogen (secondary N) is 2. The van der Waals surface area contributed by atoms with E-state index in [1.54, 1.807) is 6.26 Å². The van der Waals surface area contributed by atoms with Crippen molar-refractivity contribution in [2.45, 2.75) is 58.2 Å². The van der Waals surface area contributed by atoms with Gasteiger partial charge in [0.15, 0.2) is 12.7 Å². The van der Waals surface area contributed by atoms with Gasteiger partial charge in [-0.3, -0.25) is 9.69 Å². The Balaban J connectivity index is 1.13. The van der Waals surface area contributed by atoms with Gasteiger partial charge < -0.3 is 24.5 Å². The van der Waals surface area contributed by atoms with Crippen LogP contribution in [0, 0.1) is 23.7 Å². The number of esters is 1. The first-order valence-electron chi connectivity index (χ1n) is 17.9. The molecule has 0 amide bonds.